The topological polar surface area (TPSA) is 97.3 Å². The highest BCUT2D eigenvalue weighted by Gasteiger charge is 2.27. The maximum absolute atomic E-state index is 13.5. The molecule has 3 aromatic carbocycles. The number of hydrogen-bond donors (Lipinski definition) is 1. The lowest BCUT2D eigenvalue weighted by atomic mass is 10.2. The van der Waals surface area contributed by atoms with Crippen LogP contribution in [0.25, 0.3) is 0 Å². The monoisotopic (exact) mass is 539 g/mol. The Balaban J connectivity index is 1.45. The quantitative estimate of drug-likeness (QED) is 0.289. The first-order valence-corrected chi connectivity index (χ1v) is 14.4. The van der Waals surface area contributed by atoms with Crippen LogP contribution in [0.15, 0.2) is 82.8 Å². The Labute approximate surface area is 221 Å². The summed E-state index contributed by atoms with van der Waals surface area (Å²) >= 11 is 1.85. The number of thioether (sulfide) groups is 1. The van der Waals surface area contributed by atoms with Crippen molar-refractivity contribution in [3.63, 3.8) is 0 Å². The number of aryl methyl sites for hydroxylation is 1. The third kappa shape index (κ3) is 7.05. The van der Waals surface area contributed by atoms with E-state index in [1.807, 2.05) is 49.9 Å². The molecule has 0 spiro atoms. The van der Waals surface area contributed by atoms with E-state index in [9.17, 15) is 13.2 Å². The van der Waals surface area contributed by atoms with Gasteiger partial charge in [0, 0.05) is 11.5 Å². The normalized spacial score (nSPS) is 13.7. The van der Waals surface area contributed by atoms with Crippen LogP contribution in [0.3, 0.4) is 0 Å². The van der Waals surface area contributed by atoms with Crippen LogP contribution in [-0.2, 0) is 14.8 Å². The van der Waals surface area contributed by atoms with Gasteiger partial charge in [-0.25, -0.2) is 13.8 Å². The summed E-state index contributed by atoms with van der Waals surface area (Å²) in [5.74, 6) is 2.79. The van der Waals surface area contributed by atoms with Crippen LogP contribution in [0.1, 0.15) is 18.1 Å². The maximum Gasteiger partial charge on any atom is 0.264 e. The number of nitrogens with one attached hydrogen (secondary N) is 1. The molecule has 0 aliphatic carbocycles. The van der Waals surface area contributed by atoms with E-state index in [1.165, 1.54) is 18.3 Å². The molecule has 0 saturated carbocycles. The van der Waals surface area contributed by atoms with Crippen LogP contribution in [-0.4, -0.2) is 51.3 Å². The molecule has 3 aromatic rings. The third-order valence-corrected chi connectivity index (χ3v) is 8.53. The highest BCUT2D eigenvalue weighted by Crippen LogP contribution is 2.26. The van der Waals surface area contributed by atoms with Gasteiger partial charge >= 0.3 is 0 Å². The molecule has 1 N–H and O–H groups in total. The van der Waals surface area contributed by atoms with E-state index in [0.29, 0.717) is 18.0 Å². The number of nitrogens with zero attached hydrogens (tertiary/aromatic N) is 2. The number of ether oxygens (including phenoxy) is 2. The molecule has 194 valence electrons. The molecular weight excluding hydrogens is 510 g/mol. The molecule has 37 heavy (non-hydrogen) atoms. The molecule has 1 fully saturated rings. The average Bonchev–Trinajstić information content (AvgIpc) is 2.87. The summed E-state index contributed by atoms with van der Waals surface area (Å²) in [5.41, 5.74) is 4.54. The van der Waals surface area contributed by atoms with Crippen LogP contribution < -0.4 is 19.2 Å². The van der Waals surface area contributed by atoms with Gasteiger partial charge in [0.25, 0.3) is 15.9 Å². The fourth-order valence-corrected chi connectivity index (χ4v) is 5.46. The number of carbonyl (C=O) groups excluding carboxylic acids is 1. The first-order valence-electron chi connectivity index (χ1n) is 11.8. The number of amides is 1. The van der Waals surface area contributed by atoms with Gasteiger partial charge in [-0.1, -0.05) is 17.7 Å². The van der Waals surface area contributed by atoms with E-state index >= 15 is 0 Å². The molecule has 10 heteroatoms. The van der Waals surface area contributed by atoms with Crippen LogP contribution in [0, 0.1) is 6.92 Å². The summed E-state index contributed by atoms with van der Waals surface area (Å²) in [6.07, 6.45) is 1.76. The molecule has 0 aromatic heterocycles. The van der Waals surface area contributed by atoms with E-state index in [0.717, 1.165) is 32.7 Å². The van der Waals surface area contributed by atoms with E-state index in [1.54, 1.807) is 36.4 Å². The maximum atomic E-state index is 13.5. The summed E-state index contributed by atoms with van der Waals surface area (Å²) in [7, 11) is -4.03. The van der Waals surface area contributed by atoms with Crippen LogP contribution >= 0.6 is 11.8 Å². The smallest absolute Gasteiger partial charge is 0.264 e. The number of benzene rings is 3. The summed E-state index contributed by atoms with van der Waals surface area (Å²) in [6.45, 7) is 3.79. The van der Waals surface area contributed by atoms with E-state index < -0.39 is 22.5 Å². The SMILES string of the molecule is CCOc1ccc(S(=O)(=O)N(CC(=O)N/N=C\c2ccc(OC3CSC3)cc2)c2ccc(C)cc2)cc1. The largest absolute Gasteiger partial charge is 0.494 e. The minimum Gasteiger partial charge on any atom is -0.494 e. The second-order valence-corrected chi connectivity index (χ2v) is 11.3. The highest BCUT2D eigenvalue weighted by molar-refractivity contribution is 8.00. The number of carbonyl (C=O) groups is 1. The Morgan fingerprint density at radius 3 is 2.27 bits per heavy atom. The van der Waals surface area contributed by atoms with Gasteiger partial charge in [0.2, 0.25) is 0 Å². The molecule has 1 heterocycles. The predicted octanol–water partition coefficient (Wildman–Crippen LogP) is 4.23. The average molecular weight is 540 g/mol. The number of rotatable bonds is 11. The molecule has 0 radical (unpaired) electrons. The van der Waals surface area contributed by atoms with Crippen molar-refractivity contribution in [1.82, 2.24) is 5.43 Å². The molecule has 0 atom stereocenters. The molecule has 1 saturated heterocycles. The molecule has 0 unspecified atom stereocenters. The highest BCUT2D eigenvalue weighted by atomic mass is 32.2. The van der Waals surface area contributed by atoms with E-state index in [-0.39, 0.29) is 11.0 Å². The second-order valence-electron chi connectivity index (χ2n) is 8.39. The Bertz CT molecular complexity index is 1320. The van der Waals surface area contributed by atoms with Crippen molar-refractivity contribution < 1.29 is 22.7 Å². The second kappa shape index (κ2) is 12.2. The zero-order chi connectivity index (χ0) is 26.3. The first-order chi connectivity index (χ1) is 17.8. The van der Waals surface area contributed by atoms with E-state index in [2.05, 4.69) is 10.5 Å². The number of hydrazone groups is 1. The molecular formula is C27H29N3O5S2. The number of hydrogen-bond acceptors (Lipinski definition) is 7. The molecule has 1 aliphatic heterocycles. The van der Waals surface area contributed by atoms with Gasteiger partial charge in [-0.2, -0.15) is 16.9 Å². The lowest BCUT2D eigenvalue weighted by Gasteiger charge is -2.25. The number of sulfonamides is 1. The minimum atomic E-state index is -4.03. The first kappa shape index (κ1) is 26.6. The molecule has 8 nitrogen and oxygen atoms in total. The lowest BCUT2D eigenvalue weighted by Crippen LogP contribution is -2.39. The van der Waals surface area contributed by atoms with Crippen LogP contribution in [0.4, 0.5) is 5.69 Å². The number of anilines is 1. The zero-order valence-electron chi connectivity index (χ0n) is 20.7. The lowest BCUT2D eigenvalue weighted by molar-refractivity contribution is -0.119. The van der Waals surface area contributed by atoms with Crippen LogP contribution in [0.2, 0.25) is 0 Å². The van der Waals surface area contributed by atoms with Gasteiger partial charge in [-0.05, 0) is 80.1 Å². The van der Waals surface area contributed by atoms with Crippen molar-refractivity contribution in [2.75, 3.05) is 29.0 Å². The van der Waals surface area contributed by atoms with Crippen molar-refractivity contribution in [3.05, 3.63) is 83.9 Å². The van der Waals surface area contributed by atoms with Crippen molar-refractivity contribution in [2.24, 2.45) is 5.10 Å². The van der Waals surface area contributed by atoms with Crippen molar-refractivity contribution in [3.8, 4) is 11.5 Å². The zero-order valence-corrected chi connectivity index (χ0v) is 22.3. The van der Waals surface area contributed by atoms with E-state index in [4.69, 9.17) is 9.47 Å². The summed E-state index contributed by atoms with van der Waals surface area (Å²) < 4.78 is 39.3. The van der Waals surface area contributed by atoms with Crippen molar-refractivity contribution in [1.29, 1.82) is 0 Å². The van der Waals surface area contributed by atoms with Gasteiger partial charge in [-0.15, -0.1) is 0 Å². The standard InChI is InChI=1S/C27H29N3O5S2/c1-3-34-23-12-14-26(15-13-23)37(32,33)30(22-8-4-20(2)5-9-22)17-27(31)29-28-16-21-6-10-24(11-7-21)35-25-18-36-19-25/h4-16,25H,3,17-19H2,1-2H3,(H,29,31)/b28-16-. The van der Waals surface area contributed by atoms with Gasteiger partial charge in [0.05, 0.1) is 23.4 Å². The van der Waals surface area contributed by atoms with Crippen molar-refractivity contribution in [2.45, 2.75) is 24.8 Å². The Kier molecular flexibility index (Phi) is 8.73. The third-order valence-electron chi connectivity index (χ3n) is 5.53. The Morgan fingerprint density at radius 2 is 1.68 bits per heavy atom. The summed E-state index contributed by atoms with van der Waals surface area (Å²) in [6, 6.07) is 20.4. The molecule has 1 aliphatic rings. The molecule has 4 rings (SSSR count). The Morgan fingerprint density at radius 1 is 1.03 bits per heavy atom. The summed E-state index contributed by atoms with van der Waals surface area (Å²) in [5, 5.41) is 4.00. The fourth-order valence-electron chi connectivity index (χ4n) is 3.48. The molecule has 0 bridgehead atoms. The fraction of sp³-hybridized carbons (Fsp3) is 0.259. The van der Waals surface area contributed by atoms with Gasteiger partial charge in [-0.3, -0.25) is 9.10 Å². The summed E-state index contributed by atoms with van der Waals surface area (Å²) in [4.78, 5) is 12.8. The Hall–Kier alpha value is -3.50. The molecule has 1 amide bonds. The predicted molar refractivity (Wildman–Crippen MR) is 147 cm³/mol. The van der Waals surface area contributed by atoms with Crippen LogP contribution in [0.5, 0.6) is 11.5 Å². The minimum absolute atomic E-state index is 0.0515. The van der Waals surface area contributed by atoms with Gasteiger partial charge in [0.1, 0.15) is 24.1 Å². The van der Waals surface area contributed by atoms with Gasteiger partial charge in [0.15, 0.2) is 0 Å². The van der Waals surface area contributed by atoms with Gasteiger partial charge < -0.3 is 9.47 Å². The van der Waals surface area contributed by atoms with Crippen molar-refractivity contribution >= 4 is 39.6 Å².